The molecular weight excluding hydrogens is 214 g/mol. The van der Waals surface area contributed by atoms with E-state index in [2.05, 4.69) is 10.4 Å². The van der Waals surface area contributed by atoms with Crippen LogP contribution in [0.3, 0.4) is 0 Å². The van der Waals surface area contributed by atoms with Gasteiger partial charge in [-0.15, -0.1) is 0 Å². The summed E-state index contributed by atoms with van der Waals surface area (Å²) in [6, 6.07) is 7.46. The summed E-state index contributed by atoms with van der Waals surface area (Å²) in [5.41, 5.74) is 10.3. The van der Waals surface area contributed by atoms with Crippen molar-refractivity contribution in [2.75, 3.05) is 13.1 Å². The number of benzene rings is 1. The minimum Gasteiger partial charge on any atom is -0.366 e. The van der Waals surface area contributed by atoms with Crippen molar-refractivity contribution in [1.82, 2.24) is 10.4 Å². The highest BCUT2D eigenvalue weighted by Crippen LogP contribution is 2.08. The highest BCUT2D eigenvalue weighted by atomic mass is 16.1. The number of hydrogen-bond donors (Lipinski definition) is 2. The molecular formula is C13H19N3O. The Kier molecular flexibility index (Phi) is 4.12. The van der Waals surface area contributed by atoms with Gasteiger partial charge in [-0.05, 0) is 30.5 Å². The first-order chi connectivity index (χ1) is 8.25. The van der Waals surface area contributed by atoms with E-state index in [-0.39, 0.29) is 5.91 Å². The van der Waals surface area contributed by atoms with Crippen molar-refractivity contribution in [1.29, 1.82) is 0 Å². The van der Waals surface area contributed by atoms with E-state index in [0.29, 0.717) is 5.56 Å². The first kappa shape index (κ1) is 12.1. The molecule has 1 aliphatic rings. The third-order valence-electron chi connectivity index (χ3n) is 3.07. The Balaban J connectivity index is 1.89. The Morgan fingerprint density at radius 1 is 1.29 bits per heavy atom. The van der Waals surface area contributed by atoms with Crippen LogP contribution in [0.2, 0.25) is 0 Å². The summed E-state index contributed by atoms with van der Waals surface area (Å²) in [7, 11) is 0. The van der Waals surface area contributed by atoms with Crippen LogP contribution in [0.15, 0.2) is 24.3 Å². The normalized spacial score (nSPS) is 16.9. The topological polar surface area (TPSA) is 58.4 Å². The number of amides is 1. The smallest absolute Gasteiger partial charge is 0.248 e. The zero-order valence-corrected chi connectivity index (χ0v) is 9.98. The van der Waals surface area contributed by atoms with Gasteiger partial charge in [-0.25, -0.2) is 5.01 Å². The Bertz CT molecular complexity index is 386. The molecule has 0 bridgehead atoms. The zero-order chi connectivity index (χ0) is 12.1. The van der Waals surface area contributed by atoms with Gasteiger partial charge in [0, 0.05) is 25.2 Å². The molecule has 0 aromatic heterocycles. The third kappa shape index (κ3) is 3.54. The fraction of sp³-hybridized carbons (Fsp3) is 0.462. The number of rotatable bonds is 4. The largest absolute Gasteiger partial charge is 0.366 e. The highest BCUT2D eigenvalue weighted by Gasteiger charge is 2.09. The molecule has 17 heavy (non-hydrogen) atoms. The van der Waals surface area contributed by atoms with E-state index < -0.39 is 0 Å². The second kappa shape index (κ2) is 5.80. The summed E-state index contributed by atoms with van der Waals surface area (Å²) in [4.78, 5) is 11.1. The molecule has 4 heteroatoms. The van der Waals surface area contributed by atoms with Crippen LogP contribution in [0.1, 0.15) is 35.2 Å². The lowest BCUT2D eigenvalue weighted by molar-refractivity contribution is 0.1000. The van der Waals surface area contributed by atoms with Crippen molar-refractivity contribution in [3.05, 3.63) is 35.4 Å². The lowest BCUT2D eigenvalue weighted by Crippen LogP contribution is -2.41. The standard InChI is InChI=1S/C13H19N3O/c14-13(17)12-6-4-5-11(9-12)10-15-16-7-2-1-3-8-16/h4-6,9,15H,1-3,7-8,10H2,(H2,14,17). The highest BCUT2D eigenvalue weighted by molar-refractivity contribution is 5.92. The van der Waals surface area contributed by atoms with Crippen molar-refractivity contribution in [2.24, 2.45) is 5.73 Å². The monoisotopic (exact) mass is 233 g/mol. The van der Waals surface area contributed by atoms with Gasteiger partial charge in [0.2, 0.25) is 5.91 Å². The van der Waals surface area contributed by atoms with Gasteiger partial charge in [-0.1, -0.05) is 18.6 Å². The van der Waals surface area contributed by atoms with Gasteiger partial charge in [-0.2, -0.15) is 0 Å². The van der Waals surface area contributed by atoms with Gasteiger partial charge < -0.3 is 5.73 Å². The Morgan fingerprint density at radius 3 is 2.76 bits per heavy atom. The summed E-state index contributed by atoms with van der Waals surface area (Å²) < 4.78 is 0. The first-order valence-corrected chi connectivity index (χ1v) is 6.13. The number of piperidine rings is 1. The average Bonchev–Trinajstić information content (AvgIpc) is 2.38. The van der Waals surface area contributed by atoms with Crippen molar-refractivity contribution < 1.29 is 4.79 Å². The van der Waals surface area contributed by atoms with Crippen molar-refractivity contribution in [3.8, 4) is 0 Å². The molecule has 1 aromatic rings. The van der Waals surface area contributed by atoms with E-state index >= 15 is 0 Å². The molecule has 1 aliphatic heterocycles. The summed E-state index contributed by atoms with van der Waals surface area (Å²) in [6.07, 6.45) is 3.85. The van der Waals surface area contributed by atoms with Crippen LogP contribution in [0.4, 0.5) is 0 Å². The van der Waals surface area contributed by atoms with Gasteiger partial charge in [-0.3, -0.25) is 10.2 Å². The molecule has 4 nitrogen and oxygen atoms in total. The molecule has 0 aliphatic carbocycles. The molecule has 0 atom stereocenters. The molecule has 1 heterocycles. The minimum atomic E-state index is -0.371. The Hall–Kier alpha value is -1.39. The summed E-state index contributed by atoms with van der Waals surface area (Å²) in [5, 5.41) is 2.25. The van der Waals surface area contributed by atoms with Gasteiger partial charge >= 0.3 is 0 Å². The SMILES string of the molecule is NC(=O)c1cccc(CNN2CCCCC2)c1. The number of hydrazine groups is 1. The zero-order valence-electron chi connectivity index (χ0n) is 9.98. The number of nitrogens with zero attached hydrogens (tertiary/aromatic N) is 1. The molecule has 1 aromatic carbocycles. The number of carbonyl (C=O) groups is 1. The number of hydrogen-bond acceptors (Lipinski definition) is 3. The molecule has 0 unspecified atom stereocenters. The summed E-state index contributed by atoms with van der Waals surface area (Å²) in [6.45, 7) is 2.96. The number of nitrogens with two attached hydrogens (primary N) is 1. The molecule has 0 saturated carbocycles. The summed E-state index contributed by atoms with van der Waals surface area (Å²) >= 11 is 0. The minimum absolute atomic E-state index is 0.371. The molecule has 3 N–H and O–H groups in total. The lowest BCUT2D eigenvalue weighted by atomic mass is 10.1. The maximum atomic E-state index is 11.1. The molecule has 92 valence electrons. The van der Waals surface area contributed by atoms with Crippen LogP contribution in [0, 0.1) is 0 Å². The summed E-state index contributed by atoms with van der Waals surface area (Å²) in [5.74, 6) is -0.371. The molecule has 2 rings (SSSR count). The molecule has 1 amide bonds. The fourth-order valence-electron chi connectivity index (χ4n) is 2.09. The van der Waals surface area contributed by atoms with Crippen LogP contribution in [-0.4, -0.2) is 24.0 Å². The van der Waals surface area contributed by atoms with E-state index in [4.69, 9.17) is 5.73 Å². The van der Waals surface area contributed by atoms with Crippen LogP contribution in [0.25, 0.3) is 0 Å². The van der Waals surface area contributed by atoms with E-state index in [9.17, 15) is 4.79 Å². The second-order valence-electron chi connectivity index (χ2n) is 4.45. The lowest BCUT2D eigenvalue weighted by Gasteiger charge is -2.27. The van der Waals surface area contributed by atoms with Crippen LogP contribution in [-0.2, 0) is 6.54 Å². The average molecular weight is 233 g/mol. The van der Waals surface area contributed by atoms with Gasteiger partial charge in [0.05, 0.1) is 0 Å². The van der Waals surface area contributed by atoms with Crippen LogP contribution >= 0.6 is 0 Å². The first-order valence-electron chi connectivity index (χ1n) is 6.13. The fourth-order valence-corrected chi connectivity index (χ4v) is 2.09. The van der Waals surface area contributed by atoms with Gasteiger partial charge in [0.25, 0.3) is 0 Å². The van der Waals surface area contributed by atoms with E-state index in [1.165, 1.54) is 19.3 Å². The van der Waals surface area contributed by atoms with Crippen molar-refractivity contribution in [3.63, 3.8) is 0 Å². The molecule has 1 saturated heterocycles. The second-order valence-corrected chi connectivity index (χ2v) is 4.45. The maximum absolute atomic E-state index is 11.1. The predicted molar refractivity (Wildman–Crippen MR) is 67.2 cm³/mol. The number of carbonyl (C=O) groups excluding carboxylic acids is 1. The van der Waals surface area contributed by atoms with Gasteiger partial charge in [0.15, 0.2) is 0 Å². The third-order valence-corrected chi connectivity index (χ3v) is 3.07. The van der Waals surface area contributed by atoms with Crippen molar-refractivity contribution >= 4 is 5.91 Å². The van der Waals surface area contributed by atoms with E-state index in [1.807, 2.05) is 18.2 Å². The Morgan fingerprint density at radius 2 is 2.06 bits per heavy atom. The molecule has 0 spiro atoms. The maximum Gasteiger partial charge on any atom is 0.248 e. The van der Waals surface area contributed by atoms with Crippen molar-refractivity contribution in [2.45, 2.75) is 25.8 Å². The number of primary amides is 1. The quantitative estimate of drug-likeness (QED) is 0.823. The van der Waals surface area contributed by atoms with E-state index in [0.717, 1.165) is 25.2 Å². The van der Waals surface area contributed by atoms with Crippen LogP contribution < -0.4 is 11.2 Å². The Labute approximate surface area is 102 Å². The molecule has 1 fully saturated rings. The molecule has 0 radical (unpaired) electrons. The van der Waals surface area contributed by atoms with Gasteiger partial charge in [0.1, 0.15) is 0 Å². The number of nitrogens with one attached hydrogen (secondary N) is 1. The van der Waals surface area contributed by atoms with Crippen LogP contribution in [0.5, 0.6) is 0 Å². The predicted octanol–water partition coefficient (Wildman–Crippen LogP) is 1.28. The van der Waals surface area contributed by atoms with E-state index in [1.54, 1.807) is 6.07 Å².